The summed E-state index contributed by atoms with van der Waals surface area (Å²) in [5.74, 6) is 0.921. The first-order valence-corrected chi connectivity index (χ1v) is 7.06. The Bertz CT molecular complexity index is 516. The Labute approximate surface area is 120 Å². The largest absolute Gasteiger partial charge is 0.493 e. The van der Waals surface area contributed by atoms with E-state index in [9.17, 15) is 0 Å². The van der Waals surface area contributed by atoms with Crippen molar-refractivity contribution in [2.75, 3.05) is 13.2 Å². The number of benzene rings is 1. The average Bonchev–Trinajstić information content (AvgIpc) is 2.52. The lowest BCUT2D eigenvalue weighted by Gasteiger charge is -2.21. The van der Waals surface area contributed by atoms with E-state index in [1.54, 1.807) is 6.33 Å². The van der Waals surface area contributed by atoms with Crippen molar-refractivity contribution in [3.05, 3.63) is 54.1 Å². The maximum absolute atomic E-state index is 5.85. The Morgan fingerprint density at radius 2 is 1.90 bits per heavy atom. The van der Waals surface area contributed by atoms with Crippen molar-refractivity contribution in [3.63, 3.8) is 0 Å². The lowest BCUT2D eigenvalue weighted by molar-refractivity contribution is 0.311. The van der Waals surface area contributed by atoms with Crippen molar-refractivity contribution in [1.29, 1.82) is 0 Å². The van der Waals surface area contributed by atoms with Gasteiger partial charge in [0.25, 0.3) is 0 Å². The van der Waals surface area contributed by atoms with Crippen molar-refractivity contribution < 1.29 is 4.74 Å². The highest BCUT2D eigenvalue weighted by molar-refractivity contribution is 5.40. The minimum atomic E-state index is 0.0502. The maximum Gasteiger partial charge on any atom is 0.124 e. The molecule has 0 saturated heterocycles. The summed E-state index contributed by atoms with van der Waals surface area (Å²) >= 11 is 0. The van der Waals surface area contributed by atoms with Crippen LogP contribution in [0.3, 0.4) is 0 Å². The van der Waals surface area contributed by atoms with Gasteiger partial charge in [-0.3, -0.25) is 0 Å². The molecular formula is C16H21N3O. The zero-order valence-corrected chi connectivity index (χ0v) is 12.0. The van der Waals surface area contributed by atoms with Crippen LogP contribution in [-0.2, 0) is 0 Å². The molecule has 1 N–H and O–H groups in total. The molecule has 0 radical (unpaired) electrons. The molecule has 0 aliphatic heterocycles. The molecule has 20 heavy (non-hydrogen) atoms. The molecule has 0 aliphatic rings. The molecule has 1 aromatic carbocycles. The van der Waals surface area contributed by atoms with E-state index in [1.165, 1.54) is 0 Å². The number of rotatable bonds is 7. The summed E-state index contributed by atoms with van der Waals surface area (Å²) in [7, 11) is 0. The highest BCUT2D eigenvalue weighted by atomic mass is 16.5. The zero-order chi connectivity index (χ0) is 14.2. The Morgan fingerprint density at radius 1 is 1.15 bits per heavy atom. The van der Waals surface area contributed by atoms with Crippen LogP contribution in [0.4, 0.5) is 0 Å². The molecule has 4 heteroatoms. The zero-order valence-electron chi connectivity index (χ0n) is 12.0. The second kappa shape index (κ2) is 7.60. The summed E-state index contributed by atoms with van der Waals surface area (Å²) in [6, 6.07) is 8.18. The number of para-hydroxylation sites is 1. The van der Waals surface area contributed by atoms with E-state index >= 15 is 0 Å². The van der Waals surface area contributed by atoms with Gasteiger partial charge in [-0.25, -0.2) is 9.97 Å². The normalized spacial score (nSPS) is 12.1. The smallest absolute Gasteiger partial charge is 0.124 e. The lowest BCUT2D eigenvalue weighted by Crippen LogP contribution is -2.23. The molecule has 1 atom stereocenters. The van der Waals surface area contributed by atoms with Crippen LogP contribution in [0.2, 0.25) is 0 Å². The molecule has 0 bridgehead atoms. The first-order chi connectivity index (χ1) is 9.86. The van der Waals surface area contributed by atoms with E-state index in [0.29, 0.717) is 0 Å². The highest BCUT2D eigenvalue weighted by Gasteiger charge is 2.17. The number of hydrogen-bond acceptors (Lipinski definition) is 4. The average molecular weight is 271 g/mol. The summed E-state index contributed by atoms with van der Waals surface area (Å²) in [4.78, 5) is 8.23. The molecule has 2 aromatic rings. The van der Waals surface area contributed by atoms with Crippen molar-refractivity contribution in [3.8, 4) is 5.75 Å². The van der Waals surface area contributed by atoms with E-state index in [4.69, 9.17) is 4.74 Å². The van der Waals surface area contributed by atoms with E-state index in [2.05, 4.69) is 35.2 Å². The molecule has 4 nitrogen and oxygen atoms in total. The van der Waals surface area contributed by atoms with Crippen molar-refractivity contribution in [2.45, 2.75) is 26.3 Å². The van der Waals surface area contributed by atoms with Crippen LogP contribution in [0.5, 0.6) is 5.75 Å². The third-order valence-corrected chi connectivity index (χ3v) is 3.01. The first-order valence-electron chi connectivity index (χ1n) is 7.06. The molecule has 1 heterocycles. The fraction of sp³-hybridized carbons (Fsp3) is 0.375. The van der Waals surface area contributed by atoms with Gasteiger partial charge >= 0.3 is 0 Å². The van der Waals surface area contributed by atoms with Crippen LogP contribution >= 0.6 is 0 Å². The Kier molecular flexibility index (Phi) is 5.50. The van der Waals surface area contributed by atoms with Gasteiger partial charge in [0.1, 0.15) is 12.1 Å². The van der Waals surface area contributed by atoms with Gasteiger partial charge < -0.3 is 10.1 Å². The third kappa shape index (κ3) is 3.54. The van der Waals surface area contributed by atoms with Crippen LogP contribution in [-0.4, -0.2) is 23.1 Å². The quantitative estimate of drug-likeness (QED) is 0.841. The summed E-state index contributed by atoms with van der Waals surface area (Å²) in [5.41, 5.74) is 2.17. The Balaban J connectivity index is 2.34. The molecule has 0 aliphatic carbocycles. The monoisotopic (exact) mass is 271 g/mol. The number of nitrogens with one attached hydrogen (secondary N) is 1. The molecule has 1 unspecified atom stereocenters. The van der Waals surface area contributed by atoms with Gasteiger partial charge in [0.15, 0.2) is 0 Å². The summed E-state index contributed by atoms with van der Waals surface area (Å²) in [6.45, 7) is 5.78. The maximum atomic E-state index is 5.85. The standard InChI is InChI=1S/C16H21N3O/c1-3-9-20-15-8-6-5-7-14(15)16(19-4-2)13-10-17-12-18-11-13/h5-8,10-12,16,19H,3-4,9H2,1-2H3. The van der Waals surface area contributed by atoms with Gasteiger partial charge in [0.05, 0.1) is 12.6 Å². The van der Waals surface area contributed by atoms with Gasteiger partial charge in [-0.15, -0.1) is 0 Å². The predicted molar refractivity (Wildman–Crippen MR) is 79.8 cm³/mol. The van der Waals surface area contributed by atoms with Gasteiger partial charge in [-0.2, -0.15) is 0 Å². The minimum Gasteiger partial charge on any atom is -0.493 e. The van der Waals surface area contributed by atoms with E-state index in [0.717, 1.165) is 36.4 Å². The fourth-order valence-corrected chi connectivity index (χ4v) is 2.13. The number of ether oxygens (including phenoxy) is 1. The van der Waals surface area contributed by atoms with E-state index in [-0.39, 0.29) is 6.04 Å². The molecular weight excluding hydrogens is 250 g/mol. The van der Waals surface area contributed by atoms with Crippen LogP contribution in [0.15, 0.2) is 43.0 Å². The topological polar surface area (TPSA) is 47.0 Å². The molecule has 0 amide bonds. The third-order valence-electron chi connectivity index (χ3n) is 3.01. The molecule has 0 saturated carbocycles. The number of nitrogens with zero attached hydrogens (tertiary/aromatic N) is 2. The Hall–Kier alpha value is -1.94. The van der Waals surface area contributed by atoms with Crippen molar-refractivity contribution in [1.82, 2.24) is 15.3 Å². The number of hydrogen-bond donors (Lipinski definition) is 1. The summed E-state index contributed by atoms with van der Waals surface area (Å²) in [6.07, 6.45) is 6.23. The molecule has 0 spiro atoms. The highest BCUT2D eigenvalue weighted by Crippen LogP contribution is 2.29. The predicted octanol–water partition coefficient (Wildman–Crippen LogP) is 2.96. The van der Waals surface area contributed by atoms with Crippen LogP contribution in [0.1, 0.15) is 37.4 Å². The van der Waals surface area contributed by atoms with Crippen LogP contribution in [0.25, 0.3) is 0 Å². The van der Waals surface area contributed by atoms with Gasteiger partial charge in [0.2, 0.25) is 0 Å². The fourth-order valence-electron chi connectivity index (χ4n) is 2.13. The molecule has 1 aromatic heterocycles. The Morgan fingerprint density at radius 3 is 2.60 bits per heavy atom. The van der Waals surface area contributed by atoms with E-state index in [1.807, 2.05) is 30.6 Å². The lowest BCUT2D eigenvalue weighted by atomic mass is 10.00. The minimum absolute atomic E-state index is 0.0502. The van der Waals surface area contributed by atoms with Crippen LogP contribution < -0.4 is 10.1 Å². The van der Waals surface area contributed by atoms with Gasteiger partial charge in [0, 0.05) is 23.5 Å². The second-order valence-corrected chi connectivity index (χ2v) is 4.55. The van der Waals surface area contributed by atoms with Gasteiger partial charge in [-0.1, -0.05) is 32.0 Å². The molecule has 0 fully saturated rings. The van der Waals surface area contributed by atoms with E-state index < -0.39 is 0 Å². The van der Waals surface area contributed by atoms with Crippen molar-refractivity contribution >= 4 is 0 Å². The van der Waals surface area contributed by atoms with Crippen molar-refractivity contribution in [2.24, 2.45) is 0 Å². The summed E-state index contributed by atoms with van der Waals surface area (Å²) in [5, 5.41) is 3.47. The first kappa shape index (κ1) is 14.5. The second-order valence-electron chi connectivity index (χ2n) is 4.55. The van der Waals surface area contributed by atoms with Gasteiger partial charge in [-0.05, 0) is 19.0 Å². The van der Waals surface area contributed by atoms with Crippen LogP contribution in [0, 0.1) is 0 Å². The number of aromatic nitrogens is 2. The molecule has 106 valence electrons. The SMILES string of the molecule is CCCOc1ccccc1C(NCC)c1cncnc1. The molecule has 2 rings (SSSR count). The summed E-state index contributed by atoms with van der Waals surface area (Å²) < 4.78 is 5.85.